The Kier molecular flexibility index (Phi) is 10.1. The first kappa shape index (κ1) is 29.6. The first-order valence-corrected chi connectivity index (χ1v) is 11.9. The van der Waals surface area contributed by atoms with E-state index in [1.165, 1.54) is 0 Å². The fourth-order valence-electron chi connectivity index (χ4n) is 4.21. The van der Waals surface area contributed by atoms with Gasteiger partial charge in [-0.25, -0.2) is 0 Å². The van der Waals surface area contributed by atoms with Gasteiger partial charge in [0.2, 0.25) is 0 Å². The molecule has 0 bridgehead atoms. The summed E-state index contributed by atoms with van der Waals surface area (Å²) in [5.74, 6) is -3.38. The van der Waals surface area contributed by atoms with Gasteiger partial charge in [0.05, 0.1) is 17.9 Å². The van der Waals surface area contributed by atoms with Crippen molar-refractivity contribution < 1.29 is 46.8 Å². The zero-order valence-electron chi connectivity index (χ0n) is 21.0. The van der Waals surface area contributed by atoms with Crippen molar-refractivity contribution in [3.63, 3.8) is 0 Å². The molecule has 6 rings (SSSR count). The summed E-state index contributed by atoms with van der Waals surface area (Å²) < 4.78 is 0. The monoisotopic (exact) mass is 568 g/mol. The molecular weight excluding hydrogens is 547 g/mol. The van der Waals surface area contributed by atoms with Gasteiger partial charge in [-0.15, -0.1) is 0 Å². The summed E-state index contributed by atoms with van der Waals surface area (Å²) in [4.78, 5) is 32.1. The van der Waals surface area contributed by atoms with E-state index in [0.717, 1.165) is 32.3 Å². The van der Waals surface area contributed by atoms with Crippen molar-refractivity contribution in [2.75, 3.05) is 0 Å². The van der Waals surface area contributed by atoms with Crippen LogP contribution in [0.5, 0.6) is 0 Å². The smallest absolute Gasteiger partial charge is 0.545 e. The molecule has 6 nitrogen and oxygen atoms in total. The van der Waals surface area contributed by atoms with Gasteiger partial charge in [0.1, 0.15) is 0 Å². The van der Waals surface area contributed by atoms with E-state index in [0.29, 0.717) is 0 Å². The third-order valence-corrected chi connectivity index (χ3v) is 6.03. The fourth-order valence-corrected chi connectivity index (χ4v) is 4.21. The molecule has 0 unspecified atom stereocenters. The molecule has 0 fully saturated rings. The molecule has 6 aromatic rings. The predicted molar refractivity (Wildman–Crippen MR) is 145 cm³/mol. The molecule has 6 aromatic carbocycles. The standard InChI is InChI=1S/3C11H8O2.Mn/c3*12-11(13)10-7-3-5-8-4-1-2-6-9(8)10;/h3*1-7H,(H,12,13);/q;;;+3/p-3. The minimum atomic E-state index is -1.13. The van der Waals surface area contributed by atoms with Gasteiger partial charge in [-0.3, -0.25) is 0 Å². The van der Waals surface area contributed by atoms with Crippen LogP contribution in [0.3, 0.4) is 0 Å². The number of carboxylic acid groups (broad SMARTS) is 3. The normalized spacial score (nSPS) is 9.90. The number of carbonyl (C=O) groups excluding carboxylic acids is 3. The number of hydrogen-bond donors (Lipinski definition) is 0. The summed E-state index contributed by atoms with van der Waals surface area (Å²) in [6.07, 6.45) is 0. The zero-order chi connectivity index (χ0) is 27.8. The Morgan fingerprint density at radius 3 is 0.825 bits per heavy atom. The Balaban J connectivity index is 0.000000163. The SMILES string of the molecule is O=C([O-])c1cccc2ccccc12.O=C([O-])c1cccc2ccccc12.O=C([O-])c1cccc2ccccc12.[Mn+3]. The third kappa shape index (κ3) is 6.91. The zero-order valence-corrected chi connectivity index (χ0v) is 22.1. The van der Waals surface area contributed by atoms with Crippen LogP contribution < -0.4 is 15.3 Å². The van der Waals surface area contributed by atoms with Gasteiger partial charge in [-0.2, -0.15) is 0 Å². The van der Waals surface area contributed by atoms with E-state index < -0.39 is 17.9 Å². The number of fused-ring (bicyclic) bond motifs is 3. The summed E-state index contributed by atoms with van der Waals surface area (Å²) in [6.45, 7) is 0. The molecule has 0 N–H and O–H groups in total. The van der Waals surface area contributed by atoms with Crippen molar-refractivity contribution >= 4 is 50.2 Å². The van der Waals surface area contributed by atoms with Crippen molar-refractivity contribution in [1.82, 2.24) is 0 Å². The largest absolute Gasteiger partial charge is 3.00 e. The quantitative estimate of drug-likeness (QED) is 0.301. The molecule has 40 heavy (non-hydrogen) atoms. The fraction of sp³-hybridized carbons (Fsp3) is 0. The Labute approximate surface area is 240 Å². The molecule has 0 amide bonds. The van der Waals surface area contributed by atoms with Crippen molar-refractivity contribution in [3.8, 4) is 0 Å². The molecule has 0 saturated heterocycles. The molecule has 0 aliphatic rings. The van der Waals surface area contributed by atoms with Crippen LogP contribution in [0, 0.1) is 0 Å². The van der Waals surface area contributed by atoms with E-state index in [4.69, 9.17) is 0 Å². The van der Waals surface area contributed by atoms with Crippen molar-refractivity contribution in [2.24, 2.45) is 0 Å². The van der Waals surface area contributed by atoms with Gasteiger partial charge in [0.25, 0.3) is 0 Å². The molecule has 0 radical (unpaired) electrons. The maximum absolute atomic E-state index is 10.7. The van der Waals surface area contributed by atoms with Gasteiger partial charge in [0.15, 0.2) is 0 Å². The van der Waals surface area contributed by atoms with E-state index >= 15 is 0 Å². The van der Waals surface area contributed by atoms with Gasteiger partial charge in [-0.1, -0.05) is 127 Å². The second-order valence-corrected chi connectivity index (χ2v) is 8.44. The van der Waals surface area contributed by atoms with Crippen LogP contribution in [0.25, 0.3) is 32.3 Å². The van der Waals surface area contributed by atoms with Gasteiger partial charge in [-0.05, 0) is 32.3 Å². The minimum Gasteiger partial charge on any atom is -0.545 e. The molecular formula is C33H21MnO6. The van der Waals surface area contributed by atoms with Crippen LogP contribution in [0.15, 0.2) is 127 Å². The maximum atomic E-state index is 10.7. The van der Waals surface area contributed by atoms with Crippen molar-refractivity contribution in [3.05, 3.63) is 144 Å². The van der Waals surface area contributed by atoms with Gasteiger partial charge < -0.3 is 29.7 Å². The van der Waals surface area contributed by atoms with E-state index in [1.807, 2.05) is 72.8 Å². The molecule has 196 valence electrons. The maximum Gasteiger partial charge on any atom is 3.00 e. The van der Waals surface area contributed by atoms with Gasteiger partial charge in [0, 0.05) is 16.7 Å². The first-order valence-electron chi connectivity index (χ1n) is 11.9. The van der Waals surface area contributed by atoms with Crippen LogP contribution in [0.2, 0.25) is 0 Å². The van der Waals surface area contributed by atoms with Gasteiger partial charge >= 0.3 is 17.1 Å². The van der Waals surface area contributed by atoms with E-state index in [9.17, 15) is 29.7 Å². The Hall–Kier alpha value is -4.97. The summed E-state index contributed by atoms with van der Waals surface area (Å²) in [6, 6.07) is 37.5. The molecule has 0 spiro atoms. The second-order valence-electron chi connectivity index (χ2n) is 8.44. The van der Waals surface area contributed by atoms with E-state index in [-0.39, 0.29) is 33.8 Å². The van der Waals surface area contributed by atoms with Crippen molar-refractivity contribution in [1.29, 1.82) is 0 Å². The average Bonchev–Trinajstić information content (AvgIpc) is 2.96. The number of carbonyl (C=O) groups is 3. The molecule has 0 aromatic heterocycles. The number of aromatic carboxylic acids is 3. The Morgan fingerprint density at radius 2 is 0.575 bits per heavy atom. The molecule has 0 heterocycles. The summed E-state index contributed by atoms with van der Waals surface area (Å²) in [5, 5.41) is 37.1. The number of carboxylic acids is 3. The van der Waals surface area contributed by atoms with Crippen LogP contribution in [-0.4, -0.2) is 17.9 Å². The number of rotatable bonds is 3. The second kappa shape index (κ2) is 13.7. The minimum absolute atomic E-state index is 0. The summed E-state index contributed by atoms with van der Waals surface area (Å²) >= 11 is 0. The first-order chi connectivity index (χ1) is 18.9. The number of hydrogen-bond acceptors (Lipinski definition) is 6. The van der Waals surface area contributed by atoms with Crippen LogP contribution in [-0.2, 0) is 17.1 Å². The van der Waals surface area contributed by atoms with Crippen molar-refractivity contribution in [2.45, 2.75) is 0 Å². The van der Waals surface area contributed by atoms with E-state index in [2.05, 4.69) is 0 Å². The van der Waals surface area contributed by atoms with Crippen LogP contribution in [0.1, 0.15) is 31.1 Å². The third-order valence-electron chi connectivity index (χ3n) is 6.03. The van der Waals surface area contributed by atoms with Crippen LogP contribution >= 0.6 is 0 Å². The summed E-state index contributed by atoms with van der Waals surface area (Å²) in [5.41, 5.74) is 0.745. The average molecular weight is 568 g/mol. The number of benzene rings is 6. The molecule has 0 aliphatic heterocycles. The molecule has 7 heteroatoms. The predicted octanol–water partition coefficient (Wildman–Crippen LogP) is 3.61. The molecule has 0 saturated carbocycles. The van der Waals surface area contributed by atoms with Crippen LogP contribution in [0.4, 0.5) is 0 Å². The van der Waals surface area contributed by atoms with E-state index in [1.54, 1.807) is 54.6 Å². The Bertz CT molecular complexity index is 1580. The molecule has 0 atom stereocenters. The Morgan fingerprint density at radius 1 is 0.350 bits per heavy atom. The topological polar surface area (TPSA) is 120 Å². The summed E-state index contributed by atoms with van der Waals surface area (Å²) in [7, 11) is 0. The molecule has 0 aliphatic carbocycles.